The fourth-order valence-corrected chi connectivity index (χ4v) is 2.88. The molecule has 19 heavy (non-hydrogen) atoms. The van der Waals surface area contributed by atoms with Crippen LogP contribution in [0.25, 0.3) is 0 Å². The van der Waals surface area contributed by atoms with Crippen molar-refractivity contribution in [2.45, 2.75) is 19.9 Å². The van der Waals surface area contributed by atoms with Crippen LogP contribution in [0.15, 0.2) is 17.5 Å². The largest absolute Gasteiger partial charge is 0.360 e. The molecular weight excluding hydrogens is 282 g/mol. The number of carbonyl (C=O) groups excluding carboxylic acids is 1. The van der Waals surface area contributed by atoms with Gasteiger partial charge in [0.25, 0.3) is 0 Å². The van der Waals surface area contributed by atoms with Crippen molar-refractivity contribution in [3.8, 4) is 0 Å². The summed E-state index contributed by atoms with van der Waals surface area (Å²) in [5, 5.41) is 3.37. The molecule has 0 unspecified atom stereocenters. The predicted molar refractivity (Wildman–Crippen MR) is 83.2 cm³/mol. The maximum Gasteiger partial charge on any atom is 0.239 e. The number of hydrogen-bond acceptors (Lipinski definition) is 4. The van der Waals surface area contributed by atoms with Crippen molar-refractivity contribution in [2.24, 2.45) is 11.7 Å². The van der Waals surface area contributed by atoms with Gasteiger partial charge in [-0.15, -0.1) is 23.7 Å². The number of amides is 1. The molecule has 1 saturated heterocycles. The van der Waals surface area contributed by atoms with Crippen LogP contribution in [0.2, 0.25) is 0 Å². The lowest BCUT2D eigenvalue weighted by Gasteiger charge is -2.36. The van der Waals surface area contributed by atoms with Crippen LogP contribution in [-0.2, 0) is 4.79 Å². The quantitative estimate of drug-likeness (QED) is 0.926. The number of halogens is 1. The van der Waals surface area contributed by atoms with Gasteiger partial charge in [-0.05, 0) is 23.4 Å². The van der Waals surface area contributed by atoms with Gasteiger partial charge in [-0.3, -0.25) is 4.79 Å². The van der Waals surface area contributed by atoms with Crippen molar-refractivity contribution >= 4 is 34.7 Å². The molecule has 1 amide bonds. The van der Waals surface area contributed by atoms with Crippen molar-refractivity contribution in [3.05, 3.63) is 17.5 Å². The van der Waals surface area contributed by atoms with Gasteiger partial charge in [0, 0.05) is 26.2 Å². The number of thiophene rings is 1. The smallest absolute Gasteiger partial charge is 0.239 e. The summed E-state index contributed by atoms with van der Waals surface area (Å²) in [5.41, 5.74) is 5.92. The minimum Gasteiger partial charge on any atom is -0.360 e. The van der Waals surface area contributed by atoms with Gasteiger partial charge in [-0.1, -0.05) is 13.8 Å². The molecule has 1 aromatic rings. The fourth-order valence-electron chi connectivity index (χ4n) is 2.09. The molecule has 2 rings (SSSR count). The average molecular weight is 304 g/mol. The van der Waals surface area contributed by atoms with E-state index in [4.69, 9.17) is 5.73 Å². The summed E-state index contributed by atoms with van der Waals surface area (Å²) in [4.78, 5) is 16.3. The molecule has 1 atom stereocenters. The lowest BCUT2D eigenvalue weighted by Crippen LogP contribution is -2.54. The van der Waals surface area contributed by atoms with Crippen molar-refractivity contribution in [3.63, 3.8) is 0 Å². The highest BCUT2D eigenvalue weighted by molar-refractivity contribution is 7.14. The predicted octanol–water partition coefficient (Wildman–Crippen LogP) is 1.80. The van der Waals surface area contributed by atoms with Gasteiger partial charge < -0.3 is 15.5 Å². The lowest BCUT2D eigenvalue weighted by atomic mass is 10.0. The summed E-state index contributed by atoms with van der Waals surface area (Å²) in [6, 6.07) is 3.83. The van der Waals surface area contributed by atoms with Crippen LogP contribution in [0.5, 0.6) is 0 Å². The summed E-state index contributed by atoms with van der Waals surface area (Å²) in [5.74, 6) is 0.295. The molecule has 1 aliphatic heterocycles. The maximum atomic E-state index is 12.1. The van der Waals surface area contributed by atoms with Gasteiger partial charge in [-0.2, -0.15) is 0 Å². The zero-order valence-corrected chi connectivity index (χ0v) is 13.0. The second kappa shape index (κ2) is 7.12. The Kier molecular flexibility index (Phi) is 6.10. The highest BCUT2D eigenvalue weighted by atomic mass is 35.5. The summed E-state index contributed by atoms with van der Waals surface area (Å²) in [6.45, 7) is 7.33. The minimum atomic E-state index is -0.363. The zero-order chi connectivity index (χ0) is 13.1. The second-order valence-corrected chi connectivity index (χ2v) is 5.96. The summed E-state index contributed by atoms with van der Waals surface area (Å²) in [6.07, 6.45) is 0. The van der Waals surface area contributed by atoms with Crippen LogP contribution in [0.1, 0.15) is 13.8 Å². The molecule has 2 heterocycles. The first-order valence-corrected chi connectivity index (χ1v) is 7.30. The van der Waals surface area contributed by atoms with Crippen LogP contribution < -0.4 is 10.6 Å². The Morgan fingerprint density at radius 3 is 2.42 bits per heavy atom. The van der Waals surface area contributed by atoms with Crippen molar-refractivity contribution in [1.29, 1.82) is 0 Å². The van der Waals surface area contributed by atoms with E-state index in [0.29, 0.717) is 0 Å². The third-order valence-corrected chi connectivity index (χ3v) is 4.34. The molecule has 6 heteroatoms. The van der Waals surface area contributed by atoms with E-state index in [-0.39, 0.29) is 30.3 Å². The molecule has 108 valence electrons. The average Bonchev–Trinajstić information content (AvgIpc) is 2.91. The van der Waals surface area contributed by atoms with Crippen LogP contribution in [0.4, 0.5) is 5.00 Å². The Morgan fingerprint density at radius 1 is 1.32 bits per heavy atom. The Morgan fingerprint density at radius 2 is 1.95 bits per heavy atom. The molecule has 1 aliphatic rings. The number of hydrogen-bond donors (Lipinski definition) is 1. The highest BCUT2D eigenvalue weighted by Crippen LogP contribution is 2.22. The number of nitrogens with zero attached hydrogens (tertiary/aromatic N) is 2. The van der Waals surface area contributed by atoms with E-state index in [0.717, 1.165) is 26.2 Å². The van der Waals surface area contributed by atoms with E-state index in [9.17, 15) is 4.79 Å². The van der Waals surface area contributed by atoms with E-state index in [1.807, 2.05) is 18.7 Å². The topological polar surface area (TPSA) is 49.6 Å². The van der Waals surface area contributed by atoms with E-state index in [1.54, 1.807) is 11.3 Å². The molecule has 0 radical (unpaired) electrons. The number of carbonyl (C=O) groups is 1. The molecule has 1 aromatic heterocycles. The van der Waals surface area contributed by atoms with Crippen molar-refractivity contribution in [2.75, 3.05) is 31.1 Å². The Bertz CT molecular complexity index is 389. The summed E-state index contributed by atoms with van der Waals surface area (Å²) >= 11 is 1.75. The van der Waals surface area contributed by atoms with Gasteiger partial charge in [0.1, 0.15) is 0 Å². The number of anilines is 1. The third kappa shape index (κ3) is 3.84. The van der Waals surface area contributed by atoms with E-state index in [2.05, 4.69) is 22.4 Å². The molecule has 0 bridgehead atoms. The van der Waals surface area contributed by atoms with E-state index in [1.165, 1.54) is 5.00 Å². The SMILES string of the molecule is CC(C)[C@H](N)C(=O)N1CCN(c2cccs2)CC1.Cl. The molecule has 0 saturated carbocycles. The molecule has 4 nitrogen and oxygen atoms in total. The summed E-state index contributed by atoms with van der Waals surface area (Å²) in [7, 11) is 0. The van der Waals surface area contributed by atoms with Gasteiger partial charge in [0.15, 0.2) is 0 Å². The lowest BCUT2D eigenvalue weighted by molar-refractivity contribution is -0.133. The maximum absolute atomic E-state index is 12.1. The highest BCUT2D eigenvalue weighted by Gasteiger charge is 2.26. The third-order valence-electron chi connectivity index (χ3n) is 3.41. The first-order chi connectivity index (χ1) is 8.59. The molecule has 0 aromatic carbocycles. The first kappa shape index (κ1) is 16.3. The van der Waals surface area contributed by atoms with Gasteiger partial charge in [0.2, 0.25) is 5.91 Å². The Labute approximate surface area is 125 Å². The summed E-state index contributed by atoms with van der Waals surface area (Å²) < 4.78 is 0. The Balaban J connectivity index is 0.00000180. The van der Waals surface area contributed by atoms with Gasteiger partial charge in [0.05, 0.1) is 11.0 Å². The second-order valence-electron chi connectivity index (χ2n) is 5.03. The van der Waals surface area contributed by atoms with Crippen molar-refractivity contribution in [1.82, 2.24) is 4.90 Å². The van der Waals surface area contributed by atoms with E-state index < -0.39 is 0 Å². The van der Waals surface area contributed by atoms with Gasteiger partial charge >= 0.3 is 0 Å². The fraction of sp³-hybridized carbons (Fsp3) is 0.615. The minimum absolute atomic E-state index is 0. The number of piperazine rings is 1. The van der Waals surface area contributed by atoms with Crippen LogP contribution in [0.3, 0.4) is 0 Å². The van der Waals surface area contributed by atoms with Crippen molar-refractivity contribution < 1.29 is 4.79 Å². The number of nitrogens with two attached hydrogens (primary N) is 1. The van der Waals surface area contributed by atoms with Gasteiger partial charge in [-0.25, -0.2) is 0 Å². The van der Waals surface area contributed by atoms with E-state index >= 15 is 0 Å². The van der Waals surface area contributed by atoms with Crippen LogP contribution >= 0.6 is 23.7 Å². The first-order valence-electron chi connectivity index (χ1n) is 6.42. The molecular formula is C13H22ClN3OS. The van der Waals surface area contributed by atoms with Crippen LogP contribution in [-0.4, -0.2) is 43.0 Å². The number of rotatable bonds is 3. The normalized spacial score (nSPS) is 17.3. The monoisotopic (exact) mass is 303 g/mol. The standard InChI is InChI=1S/C13H21N3OS.ClH/c1-10(2)12(14)13(17)16-7-5-15(6-8-16)11-4-3-9-18-11;/h3-4,9-10,12H,5-8,14H2,1-2H3;1H/t12-;/m0./s1. The molecule has 2 N–H and O–H groups in total. The molecule has 0 spiro atoms. The van der Waals surface area contributed by atoms with Crippen LogP contribution in [0, 0.1) is 5.92 Å². The zero-order valence-electron chi connectivity index (χ0n) is 11.4. The molecule has 0 aliphatic carbocycles. The Hall–Kier alpha value is -0.780. The molecule has 1 fully saturated rings.